The maximum absolute atomic E-state index is 2.53. The molecule has 2 aromatic heterocycles. The van der Waals surface area contributed by atoms with E-state index >= 15 is 0 Å². The monoisotopic (exact) mass is 435 g/mol. The van der Waals surface area contributed by atoms with Crippen molar-refractivity contribution >= 4 is 35.8 Å². The van der Waals surface area contributed by atoms with Gasteiger partial charge in [-0.15, -0.1) is 0 Å². The summed E-state index contributed by atoms with van der Waals surface area (Å²) in [7, 11) is 1.24. The first-order valence-corrected chi connectivity index (χ1v) is 12.4. The smallest absolute Gasteiger partial charge is 0.311 e. The van der Waals surface area contributed by atoms with Gasteiger partial charge in [0.15, 0.2) is 11.0 Å². The predicted octanol–water partition coefficient (Wildman–Crippen LogP) is 6.81. The Labute approximate surface area is 187 Å². The number of fused-ring (bicyclic) bond motifs is 2. The van der Waals surface area contributed by atoms with Crippen LogP contribution in [0.2, 0.25) is 0 Å². The highest BCUT2D eigenvalue weighted by atomic mass is 31.1. The Kier molecular flexibility index (Phi) is 5.87. The summed E-state index contributed by atoms with van der Waals surface area (Å²) in [6.07, 6.45) is 0. The Bertz CT molecular complexity index is 1210. The predicted molar refractivity (Wildman–Crippen MR) is 133 cm³/mol. The average Bonchev–Trinajstić information content (AvgIpc) is 3.20. The summed E-state index contributed by atoms with van der Waals surface area (Å²) in [6.45, 7) is 18.4. The fourth-order valence-corrected chi connectivity index (χ4v) is 6.71. The van der Waals surface area contributed by atoms with E-state index in [9.17, 15) is 0 Å². The van der Waals surface area contributed by atoms with E-state index < -0.39 is 0 Å². The highest BCUT2D eigenvalue weighted by Crippen LogP contribution is 2.29. The van der Waals surface area contributed by atoms with Crippen LogP contribution >= 0.6 is 8.20 Å². The SMILES string of the molecule is CC(C)n1c(P=c2n(C(C)C)c3ccccc3n2C(C)C)[n+](C(C)C)c2ccccc21. The van der Waals surface area contributed by atoms with E-state index in [1.54, 1.807) is 0 Å². The maximum atomic E-state index is 2.53. The third kappa shape index (κ3) is 3.55. The Balaban J connectivity index is 2.23. The largest absolute Gasteiger partial charge is 0.319 e. The number of para-hydroxylation sites is 4. The second kappa shape index (κ2) is 8.31. The van der Waals surface area contributed by atoms with Gasteiger partial charge in [0.25, 0.3) is 0 Å². The van der Waals surface area contributed by atoms with Crippen molar-refractivity contribution in [2.45, 2.75) is 79.6 Å². The van der Waals surface area contributed by atoms with Crippen molar-refractivity contribution in [3.8, 4) is 0 Å². The van der Waals surface area contributed by atoms with E-state index in [0.717, 1.165) is 0 Å². The van der Waals surface area contributed by atoms with E-state index in [-0.39, 0.29) is 0 Å². The van der Waals surface area contributed by atoms with E-state index in [0.29, 0.717) is 24.2 Å². The summed E-state index contributed by atoms with van der Waals surface area (Å²) in [5, 5.41) is 1.35. The summed E-state index contributed by atoms with van der Waals surface area (Å²) in [5.74, 6) is 0. The fourth-order valence-electron chi connectivity index (χ4n) is 4.75. The number of aromatic nitrogens is 4. The molecule has 0 aliphatic heterocycles. The van der Waals surface area contributed by atoms with E-state index in [2.05, 4.69) is 122 Å². The lowest BCUT2D eigenvalue weighted by Crippen LogP contribution is -2.48. The molecule has 0 fully saturated rings. The number of rotatable bonds is 5. The fraction of sp³-hybridized carbons (Fsp3) is 0.462. The van der Waals surface area contributed by atoms with Crippen molar-refractivity contribution in [3.05, 3.63) is 53.7 Å². The molecule has 5 heteroatoms. The third-order valence-electron chi connectivity index (χ3n) is 5.93. The number of hydrogen-bond donors (Lipinski definition) is 0. The number of hydrogen-bond acceptors (Lipinski definition) is 0. The molecule has 0 unspecified atom stereocenters. The van der Waals surface area contributed by atoms with Gasteiger partial charge >= 0.3 is 5.57 Å². The minimum atomic E-state index is 0.386. The van der Waals surface area contributed by atoms with Gasteiger partial charge in [0.2, 0.25) is 0 Å². The molecule has 0 atom stereocenters. The number of imidazole rings is 2. The zero-order valence-corrected chi connectivity index (χ0v) is 21.1. The lowest BCUT2D eigenvalue weighted by atomic mass is 10.3. The van der Waals surface area contributed by atoms with E-state index in [1.807, 2.05) is 0 Å². The van der Waals surface area contributed by atoms with Crippen LogP contribution in [-0.4, -0.2) is 13.7 Å². The van der Waals surface area contributed by atoms with Gasteiger partial charge in [-0.2, -0.15) is 0 Å². The molecule has 0 bridgehead atoms. The molecule has 4 nitrogen and oxygen atoms in total. The summed E-state index contributed by atoms with van der Waals surface area (Å²) in [6, 6.07) is 19.2. The van der Waals surface area contributed by atoms with Crippen molar-refractivity contribution in [2.24, 2.45) is 0 Å². The highest BCUT2D eigenvalue weighted by molar-refractivity contribution is 7.37. The van der Waals surface area contributed by atoms with Gasteiger partial charge in [-0.1, -0.05) is 24.3 Å². The molecular formula is C26H36N4P+. The molecule has 0 saturated heterocycles. The molecular weight excluding hydrogens is 399 g/mol. The van der Waals surface area contributed by atoms with Gasteiger partial charge in [0.05, 0.1) is 31.3 Å². The first-order valence-electron chi connectivity index (χ1n) is 11.5. The van der Waals surface area contributed by atoms with Crippen molar-refractivity contribution in [2.75, 3.05) is 0 Å². The molecule has 4 rings (SSSR count). The summed E-state index contributed by atoms with van der Waals surface area (Å²) < 4.78 is 10.1. The second-order valence-electron chi connectivity index (χ2n) is 9.54. The van der Waals surface area contributed by atoms with Crippen molar-refractivity contribution < 1.29 is 4.57 Å². The van der Waals surface area contributed by atoms with Gasteiger partial charge < -0.3 is 9.13 Å². The van der Waals surface area contributed by atoms with E-state index in [4.69, 9.17) is 0 Å². The van der Waals surface area contributed by atoms with Crippen molar-refractivity contribution in [3.63, 3.8) is 0 Å². The van der Waals surface area contributed by atoms with Crippen LogP contribution in [0.15, 0.2) is 48.5 Å². The first kappa shape index (κ1) is 21.9. The quantitative estimate of drug-likeness (QED) is 0.242. The van der Waals surface area contributed by atoms with Crippen LogP contribution in [0.25, 0.3) is 22.1 Å². The van der Waals surface area contributed by atoms with Crippen LogP contribution in [0, 0.1) is 5.20 Å². The standard InChI is InChI=1S/C26H36N4P/c1-17(2)27-21-13-9-10-14-22(21)28(18(3)4)25(27)31-26-29(19(5)6)23-15-11-12-16-24(23)30(26)20(7)8/h9-20H,1-8H3/q+1. The zero-order valence-electron chi connectivity index (χ0n) is 20.2. The Morgan fingerprint density at radius 1 is 0.613 bits per heavy atom. The first-order chi connectivity index (χ1) is 14.7. The molecule has 0 radical (unpaired) electrons. The molecule has 0 N–H and O–H groups in total. The van der Waals surface area contributed by atoms with Crippen LogP contribution < -0.4 is 10.1 Å². The lowest BCUT2D eigenvalue weighted by Gasteiger charge is -2.13. The van der Waals surface area contributed by atoms with Gasteiger partial charge in [-0.3, -0.25) is 0 Å². The number of benzene rings is 2. The average molecular weight is 436 g/mol. The maximum Gasteiger partial charge on any atom is 0.311 e. The van der Waals surface area contributed by atoms with Gasteiger partial charge in [-0.05, 0) is 79.7 Å². The molecule has 4 aromatic rings. The van der Waals surface area contributed by atoms with E-state index in [1.165, 1.54) is 41.0 Å². The summed E-state index contributed by atoms with van der Waals surface area (Å²) in [5.41, 5.74) is 6.62. The summed E-state index contributed by atoms with van der Waals surface area (Å²) >= 11 is 0. The highest BCUT2D eigenvalue weighted by Gasteiger charge is 2.28. The lowest BCUT2D eigenvalue weighted by molar-refractivity contribution is -0.674. The van der Waals surface area contributed by atoms with Gasteiger partial charge in [-0.25, -0.2) is 9.13 Å². The van der Waals surface area contributed by atoms with Gasteiger partial charge in [0.1, 0.15) is 5.20 Å². The van der Waals surface area contributed by atoms with Crippen LogP contribution in [-0.2, 0) is 0 Å². The molecule has 0 spiro atoms. The van der Waals surface area contributed by atoms with Crippen LogP contribution in [0.3, 0.4) is 0 Å². The molecule has 2 aromatic carbocycles. The minimum absolute atomic E-state index is 0.386. The Morgan fingerprint density at radius 3 is 1.52 bits per heavy atom. The molecule has 164 valence electrons. The van der Waals surface area contributed by atoms with Crippen molar-refractivity contribution in [1.29, 1.82) is 0 Å². The normalized spacial score (nSPS) is 12.6. The molecule has 2 heterocycles. The van der Waals surface area contributed by atoms with Crippen molar-refractivity contribution in [1.82, 2.24) is 13.7 Å². The summed E-state index contributed by atoms with van der Waals surface area (Å²) in [4.78, 5) is 0. The second-order valence-corrected chi connectivity index (χ2v) is 10.6. The van der Waals surface area contributed by atoms with Gasteiger partial charge in [0, 0.05) is 12.1 Å². The number of nitrogens with zero attached hydrogens (tertiary/aromatic N) is 4. The Morgan fingerprint density at radius 2 is 1.06 bits per heavy atom. The molecule has 0 aliphatic rings. The minimum Gasteiger partial charge on any atom is -0.319 e. The molecule has 0 aliphatic carbocycles. The molecule has 0 amide bonds. The van der Waals surface area contributed by atoms with Crippen LogP contribution in [0.1, 0.15) is 79.6 Å². The topological polar surface area (TPSA) is 18.7 Å². The Hall–Kier alpha value is -2.32. The molecule has 0 saturated carbocycles. The van der Waals surface area contributed by atoms with Crippen LogP contribution in [0.4, 0.5) is 0 Å². The zero-order chi connectivity index (χ0) is 22.4. The van der Waals surface area contributed by atoms with Crippen LogP contribution in [0.5, 0.6) is 0 Å². The molecule has 31 heavy (non-hydrogen) atoms. The third-order valence-corrected chi connectivity index (χ3v) is 7.19.